The van der Waals surface area contributed by atoms with Crippen molar-refractivity contribution in [1.29, 1.82) is 0 Å². The first-order valence-corrected chi connectivity index (χ1v) is 14.7. The topological polar surface area (TPSA) is 109 Å². The van der Waals surface area contributed by atoms with Crippen LogP contribution in [-0.4, -0.2) is 54.4 Å². The SMILES string of the molecule is CCc1cc(-c2ccc(-c3cc(F)ccc3NS(C)(=O)=O)c(F)c2)nc2cnc(N[C@@H]3CNC[C@@](C)(F)C3)nc12. The average Bonchev–Trinajstić information content (AvgIpc) is 2.88. The highest BCUT2D eigenvalue weighted by molar-refractivity contribution is 7.92. The molecule has 12 heteroatoms. The number of hydrogen-bond acceptors (Lipinski definition) is 7. The van der Waals surface area contributed by atoms with Gasteiger partial charge in [0, 0.05) is 42.2 Å². The molecule has 0 spiro atoms. The van der Waals surface area contributed by atoms with Crippen LogP contribution in [0, 0.1) is 11.6 Å². The molecule has 0 amide bonds. The predicted molar refractivity (Wildman–Crippen MR) is 150 cm³/mol. The maximum atomic E-state index is 15.4. The van der Waals surface area contributed by atoms with Gasteiger partial charge in [0.25, 0.3) is 0 Å². The Hall–Kier alpha value is -3.77. The molecule has 8 nitrogen and oxygen atoms in total. The van der Waals surface area contributed by atoms with Crippen LogP contribution in [0.25, 0.3) is 33.4 Å². The number of sulfonamides is 1. The standard InChI is InChI=1S/C28H29F3N6O2S/c1-4-16-10-24(35-25-14-33-27(36-26(16)25)34-19-12-28(2,31)15-32-13-19)17-5-7-20(22(30)9-17)21-11-18(29)6-8-23(21)37-40(3,38)39/h5-11,14,19,32,37H,4,12-13,15H2,1-3H3,(H,33,34,36)/t19-,28-/m0/s1. The average molecular weight is 571 g/mol. The summed E-state index contributed by atoms with van der Waals surface area (Å²) < 4.78 is 69.7. The Morgan fingerprint density at radius 3 is 2.60 bits per heavy atom. The van der Waals surface area contributed by atoms with Gasteiger partial charge in [0.05, 0.1) is 29.4 Å². The third-order valence-electron chi connectivity index (χ3n) is 6.73. The van der Waals surface area contributed by atoms with Crippen LogP contribution in [0.2, 0.25) is 0 Å². The number of aromatic nitrogens is 3. The van der Waals surface area contributed by atoms with Crippen molar-refractivity contribution in [2.24, 2.45) is 0 Å². The second-order valence-corrected chi connectivity index (χ2v) is 12.0. The second-order valence-electron chi connectivity index (χ2n) is 10.3. The number of rotatable bonds is 7. The van der Waals surface area contributed by atoms with Crippen molar-refractivity contribution < 1.29 is 21.6 Å². The summed E-state index contributed by atoms with van der Waals surface area (Å²) in [6.45, 7) is 4.44. The van der Waals surface area contributed by atoms with Gasteiger partial charge in [0.1, 0.15) is 22.8 Å². The van der Waals surface area contributed by atoms with Crippen LogP contribution in [0.4, 0.5) is 24.8 Å². The minimum atomic E-state index is -3.67. The van der Waals surface area contributed by atoms with Crippen LogP contribution in [-0.2, 0) is 16.4 Å². The Labute approximate surface area is 230 Å². The lowest BCUT2D eigenvalue weighted by molar-refractivity contribution is 0.137. The van der Waals surface area contributed by atoms with Crippen molar-refractivity contribution in [3.05, 3.63) is 65.9 Å². The number of nitrogens with zero attached hydrogens (tertiary/aromatic N) is 3. The van der Waals surface area contributed by atoms with E-state index in [0.717, 1.165) is 24.0 Å². The van der Waals surface area contributed by atoms with Gasteiger partial charge in [-0.2, -0.15) is 0 Å². The highest BCUT2D eigenvalue weighted by Gasteiger charge is 2.32. The maximum Gasteiger partial charge on any atom is 0.229 e. The van der Waals surface area contributed by atoms with E-state index in [-0.39, 0.29) is 22.9 Å². The molecule has 1 saturated heterocycles. The Morgan fingerprint density at radius 2 is 1.90 bits per heavy atom. The first kappa shape index (κ1) is 27.8. The fourth-order valence-corrected chi connectivity index (χ4v) is 5.52. The number of alkyl halides is 1. The Balaban J connectivity index is 1.47. The number of fused-ring (bicyclic) bond motifs is 1. The first-order chi connectivity index (χ1) is 18.9. The summed E-state index contributed by atoms with van der Waals surface area (Å²) in [5, 5.41) is 6.29. The number of hydrogen-bond donors (Lipinski definition) is 3. The fourth-order valence-electron chi connectivity index (χ4n) is 4.95. The Kier molecular flexibility index (Phi) is 7.40. The molecule has 1 aliphatic rings. The zero-order valence-corrected chi connectivity index (χ0v) is 23.0. The van der Waals surface area contributed by atoms with E-state index in [0.29, 0.717) is 54.2 Å². The Bertz CT molecular complexity index is 1700. The van der Waals surface area contributed by atoms with Crippen LogP contribution in [0.1, 0.15) is 25.8 Å². The lowest BCUT2D eigenvalue weighted by atomic mass is 9.95. The van der Waals surface area contributed by atoms with E-state index in [1.165, 1.54) is 18.2 Å². The molecule has 5 rings (SSSR count). The van der Waals surface area contributed by atoms with Gasteiger partial charge in [-0.25, -0.2) is 36.5 Å². The summed E-state index contributed by atoms with van der Waals surface area (Å²) in [5.74, 6) is -0.921. The van der Waals surface area contributed by atoms with Crippen LogP contribution < -0.4 is 15.4 Å². The van der Waals surface area contributed by atoms with Crippen molar-refractivity contribution in [2.45, 2.75) is 38.4 Å². The zero-order chi connectivity index (χ0) is 28.7. The molecule has 3 N–H and O–H groups in total. The monoisotopic (exact) mass is 570 g/mol. The van der Waals surface area contributed by atoms with Crippen molar-refractivity contribution >= 4 is 32.7 Å². The zero-order valence-electron chi connectivity index (χ0n) is 22.2. The Morgan fingerprint density at radius 1 is 1.10 bits per heavy atom. The van der Waals surface area contributed by atoms with E-state index >= 15 is 4.39 Å². The maximum absolute atomic E-state index is 15.4. The second kappa shape index (κ2) is 10.7. The molecule has 4 aromatic rings. The van der Waals surface area contributed by atoms with E-state index in [9.17, 15) is 17.2 Å². The third kappa shape index (κ3) is 6.18. The van der Waals surface area contributed by atoms with Crippen LogP contribution in [0.5, 0.6) is 0 Å². The van der Waals surface area contributed by atoms with Crippen molar-refractivity contribution in [1.82, 2.24) is 20.3 Å². The summed E-state index contributed by atoms with van der Waals surface area (Å²) in [4.78, 5) is 13.7. The van der Waals surface area contributed by atoms with Gasteiger partial charge < -0.3 is 10.6 Å². The van der Waals surface area contributed by atoms with Crippen LogP contribution in [0.3, 0.4) is 0 Å². The summed E-state index contributed by atoms with van der Waals surface area (Å²) in [7, 11) is -3.67. The number of nitrogens with one attached hydrogen (secondary N) is 3. The minimum Gasteiger partial charge on any atom is -0.350 e. The van der Waals surface area contributed by atoms with Gasteiger partial charge in [-0.3, -0.25) is 4.72 Å². The lowest BCUT2D eigenvalue weighted by Crippen LogP contribution is -2.50. The number of benzene rings is 2. The van der Waals surface area contributed by atoms with Crippen LogP contribution >= 0.6 is 0 Å². The highest BCUT2D eigenvalue weighted by atomic mass is 32.2. The molecule has 2 atom stereocenters. The molecular weight excluding hydrogens is 541 g/mol. The minimum absolute atomic E-state index is 0.0338. The number of aryl methyl sites for hydroxylation is 1. The molecule has 210 valence electrons. The first-order valence-electron chi connectivity index (χ1n) is 12.8. The summed E-state index contributed by atoms with van der Waals surface area (Å²) >= 11 is 0. The molecular formula is C28H29F3N6O2S. The highest BCUT2D eigenvalue weighted by Crippen LogP contribution is 2.34. The smallest absolute Gasteiger partial charge is 0.229 e. The van der Waals surface area contributed by atoms with Gasteiger partial charge in [0.2, 0.25) is 16.0 Å². The largest absolute Gasteiger partial charge is 0.350 e. The summed E-state index contributed by atoms with van der Waals surface area (Å²) in [6.07, 6.45) is 3.51. The molecule has 0 unspecified atom stereocenters. The molecule has 0 aliphatic carbocycles. The van der Waals surface area contributed by atoms with E-state index in [1.807, 2.05) is 13.0 Å². The van der Waals surface area contributed by atoms with E-state index in [1.54, 1.807) is 19.2 Å². The van der Waals surface area contributed by atoms with E-state index in [2.05, 4.69) is 30.3 Å². The molecule has 40 heavy (non-hydrogen) atoms. The number of anilines is 2. The number of halogens is 3. The van der Waals surface area contributed by atoms with E-state index in [4.69, 9.17) is 0 Å². The lowest BCUT2D eigenvalue weighted by Gasteiger charge is -2.33. The molecule has 0 saturated carbocycles. The molecule has 3 heterocycles. The molecule has 1 fully saturated rings. The van der Waals surface area contributed by atoms with Gasteiger partial charge in [-0.15, -0.1) is 0 Å². The van der Waals surface area contributed by atoms with Crippen molar-refractivity contribution in [3.8, 4) is 22.4 Å². The third-order valence-corrected chi connectivity index (χ3v) is 7.32. The summed E-state index contributed by atoms with van der Waals surface area (Å²) in [6, 6.07) is 9.48. The van der Waals surface area contributed by atoms with Crippen molar-refractivity contribution in [2.75, 3.05) is 29.4 Å². The fraction of sp³-hybridized carbons (Fsp3) is 0.321. The van der Waals surface area contributed by atoms with E-state index < -0.39 is 27.3 Å². The number of pyridine rings is 1. The van der Waals surface area contributed by atoms with Gasteiger partial charge in [-0.1, -0.05) is 19.1 Å². The number of piperidine rings is 1. The molecule has 0 bridgehead atoms. The van der Waals surface area contributed by atoms with Crippen LogP contribution in [0.15, 0.2) is 48.7 Å². The predicted octanol–water partition coefficient (Wildman–Crippen LogP) is 5.07. The summed E-state index contributed by atoms with van der Waals surface area (Å²) in [5.41, 5.74) is 1.86. The molecule has 2 aromatic carbocycles. The van der Waals surface area contributed by atoms with Gasteiger partial charge in [-0.05, 0) is 49.2 Å². The van der Waals surface area contributed by atoms with Crippen molar-refractivity contribution in [3.63, 3.8) is 0 Å². The normalized spacial score (nSPS) is 19.5. The quantitative estimate of drug-likeness (QED) is 0.285. The van der Waals surface area contributed by atoms with Gasteiger partial charge >= 0.3 is 0 Å². The molecule has 0 radical (unpaired) electrons. The van der Waals surface area contributed by atoms with Gasteiger partial charge in [0.15, 0.2) is 0 Å². The molecule has 1 aliphatic heterocycles. The molecule has 2 aromatic heterocycles.